The van der Waals surface area contributed by atoms with E-state index >= 15 is 0 Å². The molecule has 1 unspecified atom stereocenters. The molecule has 6 heteroatoms. The Hall–Kier alpha value is -2.11. The quantitative estimate of drug-likeness (QED) is 0.795. The molecule has 2 fully saturated rings. The number of hydrogen-bond acceptors (Lipinski definition) is 2. The van der Waals surface area contributed by atoms with E-state index in [0.717, 1.165) is 17.8 Å². The molecule has 0 amide bonds. The highest BCUT2D eigenvalue weighted by molar-refractivity contribution is 5.83. The van der Waals surface area contributed by atoms with Gasteiger partial charge in [-0.3, -0.25) is 9.48 Å². The summed E-state index contributed by atoms with van der Waals surface area (Å²) < 4.78 is 40.8. The summed E-state index contributed by atoms with van der Waals surface area (Å²) in [5.74, 6) is 1.40. The number of carbonyl (C=O) groups excluding carboxylic acids is 1. The van der Waals surface area contributed by atoms with Crippen LogP contribution >= 0.6 is 0 Å². The fraction of sp³-hybridized carbons (Fsp3) is 0.474. The Balaban J connectivity index is 1.70. The molecule has 25 heavy (non-hydrogen) atoms. The van der Waals surface area contributed by atoms with Gasteiger partial charge in [0.15, 0.2) is 0 Å². The molecular formula is C19H19F3N2O. The highest BCUT2D eigenvalue weighted by atomic mass is 19.4. The molecule has 0 bridgehead atoms. The standard InChI is InChI=1S/C19H19F3N2O/c1-10(2)24-17(18-14-7-13(25)8-15(14)18)9-16(23-24)11-4-3-5-12(6-11)19(20,21)22/h3-6,9-10,14-15,18H,7-8H2,1-2H3/t14-,15+,18?. The Kier molecular flexibility index (Phi) is 3.56. The van der Waals surface area contributed by atoms with Crippen LogP contribution in [0, 0.1) is 11.8 Å². The number of nitrogens with zero attached hydrogens (tertiary/aromatic N) is 2. The highest BCUT2D eigenvalue weighted by Gasteiger charge is 2.57. The SMILES string of the molecule is CC(C)n1nc(-c2cccc(C(F)(F)F)c2)cc1C1[C@H]2CC(=O)C[C@@H]12. The Bertz CT molecular complexity index is 823. The van der Waals surface area contributed by atoms with E-state index in [4.69, 9.17) is 0 Å². The lowest BCUT2D eigenvalue weighted by molar-refractivity contribution is -0.137. The number of Topliss-reactive ketones (excluding diaryl/α,β-unsaturated/α-hetero) is 1. The van der Waals surface area contributed by atoms with Gasteiger partial charge in [0.25, 0.3) is 0 Å². The second-order valence-electron chi connectivity index (χ2n) is 7.37. The van der Waals surface area contributed by atoms with E-state index in [2.05, 4.69) is 5.10 Å². The number of alkyl halides is 3. The minimum atomic E-state index is -4.37. The molecule has 1 aromatic heterocycles. The van der Waals surface area contributed by atoms with Crippen molar-refractivity contribution in [1.82, 2.24) is 9.78 Å². The van der Waals surface area contributed by atoms with Crippen molar-refractivity contribution in [3.05, 3.63) is 41.6 Å². The molecule has 0 aliphatic heterocycles. The van der Waals surface area contributed by atoms with E-state index < -0.39 is 11.7 Å². The summed E-state index contributed by atoms with van der Waals surface area (Å²) in [4.78, 5) is 11.5. The molecule has 132 valence electrons. The van der Waals surface area contributed by atoms with Crippen molar-refractivity contribution in [1.29, 1.82) is 0 Å². The molecule has 0 spiro atoms. The van der Waals surface area contributed by atoms with Crippen LogP contribution in [-0.2, 0) is 11.0 Å². The molecule has 0 radical (unpaired) electrons. The molecule has 3 atom stereocenters. The first-order chi connectivity index (χ1) is 11.8. The summed E-state index contributed by atoms with van der Waals surface area (Å²) in [6.45, 7) is 4.02. The van der Waals surface area contributed by atoms with Crippen molar-refractivity contribution in [3.8, 4) is 11.3 Å². The molecular weight excluding hydrogens is 329 g/mol. The second-order valence-corrected chi connectivity index (χ2v) is 7.37. The third-order valence-corrected chi connectivity index (χ3v) is 5.34. The fourth-order valence-electron chi connectivity index (χ4n) is 4.12. The normalized spacial score (nSPS) is 25.5. The van der Waals surface area contributed by atoms with Crippen LogP contribution in [0.1, 0.15) is 49.9 Å². The van der Waals surface area contributed by atoms with Gasteiger partial charge in [0.1, 0.15) is 5.78 Å². The first-order valence-electron chi connectivity index (χ1n) is 8.54. The maximum absolute atomic E-state index is 13.0. The smallest absolute Gasteiger partial charge is 0.300 e. The molecule has 2 aliphatic rings. The predicted octanol–water partition coefficient (Wildman–Crippen LogP) is 4.84. The number of fused-ring (bicyclic) bond motifs is 1. The Morgan fingerprint density at radius 1 is 1.16 bits per heavy atom. The molecule has 1 heterocycles. The maximum atomic E-state index is 13.0. The van der Waals surface area contributed by atoms with Crippen molar-refractivity contribution in [3.63, 3.8) is 0 Å². The van der Waals surface area contributed by atoms with Crippen molar-refractivity contribution in [2.24, 2.45) is 11.8 Å². The molecule has 0 N–H and O–H groups in total. The van der Waals surface area contributed by atoms with Crippen molar-refractivity contribution >= 4 is 5.78 Å². The third-order valence-electron chi connectivity index (χ3n) is 5.34. The van der Waals surface area contributed by atoms with Crippen LogP contribution in [0.25, 0.3) is 11.3 Å². The van der Waals surface area contributed by atoms with E-state index in [1.54, 1.807) is 6.07 Å². The van der Waals surface area contributed by atoms with Crippen LogP contribution < -0.4 is 0 Å². The summed E-state index contributed by atoms with van der Waals surface area (Å²) in [6.07, 6.45) is -3.12. The Morgan fingerprint density at radius 3 is 2.44 bits per heavy atom. The highest BCUT2D eigenvalue weighted by Crippen LogP contribution is 2.62. The summed E-state index contributed by atoms with van der Waals surface area (Å²) in [5, 5.41) is 4.58. The van der Waals surface area contributed by atoms with E-state index in [1.165, 1.54) is 6.07 Å². The first-order valence-corrected chi connectivity index (χ1v) is 8.54. The zero-order valence-corrected chi connectivity index (χ0v) is 14.0. The van der Waals surface area contributed by atoms with Gasteiger partial charge in [0.05, 0.1) is 11.3 Å². The number of aromatic nitrogens is 2. The van der Waals surface area contributed by atoms with E-state index in [0.29, 0.717) is 47.6 Å². The predicted molar refractivity (Wildman–Crippen MR) is 87.0 cm³/mol. The zero-order chi connectivity index (χ0) is 17.9. The van der Waals surface area contributed by atoms with E-state index in [-0.39, 0.29) is 6.04 Å². The van der Waals surface area contributed by atoms with E-state index in [1.807, 2.05) is 24.6 Å². The molecule has 2 aliphatic carbocycles. The molecule has 3 nitrogen and oxygen atoms in total. The summed E-state index contributed by atoms with van der Waals surface area (Å²) >= 11 is 0. The number of rotatable bonds is 3. The van der Waals surface area contributed by atoms with Crippen molar-refractivity contribution in [2.75, 3.05) is 0 Å². The van der Waals surface area contributed by atoms with Gasteiger partial charge in [0.2, 0.25) is 0 Å². The number of hydrogen-bond donors (Lipinski definition) is 0. The topological polar surface area (TPSA) is 34.9 Å². The van der Waals surface area contributed by atoms with Crippen LogP contribution in [0.4, 0.5) is 13.2 Å². The first kappa shape index (κ1) is 16.4. The van der Waals surface area contributed by atoms with Gasteiger partial charge < -0.3 is 0 Å². The average molecular weight is 348 g/mol. The lowest BCUT2D eigenvalue weighted by atomic mass is 10.0. The number of benzene rings is 1. The largest absolute Gasteiger partial charge is 0.416 e. The van der Waals surface area contributed by atoms with Crippen LogP contribution in [-0.4, -0.2) is 15.6 Å². The van der Waals surface area contributed by atoms with Crippen LogP contribution in [0.5, 0.6) is 0 Å². The monoisotopic (exact) mass is 348 g/mol. The van der Waals surface area contributed by atoms with Gasteiger partial charge in [0, 0.05) is 36.1 Å². The number of halogens is 3. The minimum absolute atomic E-state index is 0.117. The van der Waals surface area contributed by atoms with Crippen LogP contribution in [0.2, 0.25) is 0 Å². The lowest BCUT2D eigenvalue weighted by Crippen LogP contribution is -2.09. The van der Waals surface area contributed by atoms with Crippen LogP contribution in [0.3, 0.4) is 0 Å². The molecule has 4 rings (SSSR count). The fourth-order valence-corrected chi connectivity index (χ4v) is 4.12. The minimum Gasteiger partial charge on any atom is -0.300 e. The number of ketones is 1. The van der Waals surface area contributed by atoms with E-state index in [9.17, 15) is 18.0 Å². The van der Waals surface area contributed by atoms with Crippen LogP contribution in [0.15, 0.2) is 30.3 Å². The average Bonchev–Trinajstić information content (AvgIpc) is 2.90. The lowest BCUT2D eigenvalue weighted by Gasteiger charge is -2.11. The Labute approximate surface area is 143 Å². The molecule has 0 saturated heterocycles. The second kappa shape index (κ2) is 5.44. The number of carbonyl (C=O) groups is 1. The van der Waals surface area contributed by atoms with Gasteiger partial charge in [-0.25, -0.2) is 0 Å². The van der Waals surface area contributed by atoms with Gasteiger partial charge in [-0.15, -0.1) is 0 Å². The third kappa shape index (κ3) is 2.77. The van der Waals surface area contributed by atoms with Crippen molar-refractivity contribution < 1.29 is 18.0 Å². The summed E-state index contributed by atoms with van der Waals surface area (Å²) in [5.41, 5.74) is 1.41. The Morgan fingerprint density at radius 2 is 1.84 bits per heavy atom. The van der Waals surface area contributed by atoms with Crippen molar-refractivity contribution in [2.45, 2.75) is 44.8 Å². The van der Waals surface area contributed by atoms with Gasteiger partial charge in [-0.1, -0.05) is 12.1 Å². The van der Waals surface area contributed by atoms with Gasteiger partial charge in [-0.05, 0) is 43.9 Å². The summed E-state index contributed by atoms with van der Waals surface area (Å²) in [6, 6.07) is 7.31. The summed E-state index contributed by atoms with van der Waals surface area (Å²) in [7, 11) is 0. The zero-order valence-electron chi connectivity index (χ0n) is 14.0. The van der Waals surface area contributed by atoms with Gasteiger partial charge >= 0.3 is 6.18 Å². The molecule has 2 saturated carbocycles. The molecule has 2 aromatic rings. The molecule has 1 aromatic carbocycles. The maximum Gasteiger partial charge on any atom is 0.416 e. The van der Waals surface area contributed by atoms with Gasteiger partial charge in [-0.2, -0.15) is 18.3 Å².